The highest BCUT2D eigenvalue weighted by Crippen LogP contribution is 2.28. The third kappa shape index (κ3) is 4.30. The fourth-order valence-electron chi connectivity index (χ4n) is 3.54. The van der Waals surface area contributed by atoms with Crippen molar-refractivity contribution in [2.45, 2.75) is 18.5 Å². The molecule has 4 rings (SSSR count). The Hall–Kier alpha value is -3.24. The Balaban J connectivity index is 1.61. The summed E-state index contributed by atoms with van der Waals surface area (Å²) < 4.78 is 43.4. The first-order valence-electron chi connectivity index (χ1n) is 9.46. The van der Waals surface area contributed by atoms with Gasteiger partial charge in [-0.3, -0.25) is 9.78 Å². The van der Waals surface area contributed by atoms with E-state index >= 15 is 0 Å². The average Bonchev–Trinajstić information content (AvgIpc) is 2.73. The van der Waals surface area contributed by atoms with E-state index in [4.69, 9.17) is 5.73 Å². The molecule has 6 nitrogen and oxygen atoms in total. The zero-order valence-electron chi connectivity index (χ0n) is 16.1. The van der Waals surface area contributed by atoms with Gasteiger partial charge in [-0.25, -0.2) is 4.99 Å². The number of Topliss-reactive ketones (excluding diaryl/α,β-unsaturated/α-hetero) is 1. The number of fused-ring (bicyclic) bond motifs is 2. The molecular weight excluding hydrogens is 410 g/mol. The van der Waals surface area contributed by atoms with Crippen LogP contribution in [0.5, 0.6) is 0 Å². The molecule has 2 heterocycles. The molecule has 0 spiro atoms. The van der Waals surface area contributed by atoms with Crippen molar-refractivity contribution >= 4 is 40.7 Å². The van der Waals surface area contributed by atoms with E-state index in [-0.39, 0.29) is 29.9 Å². The number of hydrogen-bond acceptors (Lipinski definition) is 6. The molecule has 0 saturated carbocycles. The Morgan fingerprint density at radius 3 is 2.71 bits per heavy atom. The van der Waals surface area contributed by atoms with Gasteiger partial charge in [0, 0.05) is 36.2 Å². The first kappa shape index (κ1) is 21.0. The number of pyridine rings is 1. The molecule has 0 aliphatic carbocycles. The summed E-state index contributed by atoms with van der Waals surface area (Å²) in [5.41, 5.74) is 7.03. The van der Waals surface area contributed by atoms with Gasteiger partial charge in [-0.15, -0.1) is 0 Å². The first-order chi connectivity index (χ1) is 14.8. The largest absolute Gasteiger partial charge is 0.563 e. The second-order valence-electron chi connectivity index (χ2n) is 7.19. The van der Waals surface area contributed by atoms with E-state index in [1.54, 1.807) is 18.5 Å². The number of aromatic nitrogens is 1. The minimum atomic E-state index is -4.84. The number of ketones is 1. The van der Waals surface area contributed by atoms with Gasteiger partial charge in [0.2, 0.25) is 0 Å². The summed E-state index contributed by atoms with van der Waals surface area (Å²) in [5.74, 6) is -2.45. The van der Waals surface area contributed by atoms with Crippen LogP contribution >= 0.6 is 0 Å². The molecule has 0 fully saturated rings. The second-order valence-corrected chi connectivity index (χ2v) is 7.19. The minimum Gasteiger partial charge on any atom is -0.515 e. The highest BCUT2D eigenvalue weighted by molar-refractivity contribution is 6.64. The molecule has 1 aromatic heterocycles. The number of carbonyl (C=O) groups is 1. The van der Waals surface area contributed by atoms with Crippen LogP contribution in [0.3, 0.4) is 0 Å². The zero-order chi connectivity index (χ0) is 22.2. The summed E-state index contributed by atoms with van der Waals surface area (Å²) in [6.07, 6.45) is -1.34. The monoisotopic (exact) mass is 427 g/mol. The number of nitrogens with two attached hydrogens (primary N) is 1. The number of halogens is 3. The standard InChI is InChI=1S/C21H17BF3N3O3/c23-21(24,25)20-28-18-9-14(3-4-17(18)22(30)31-20)16(10-26)19(29)8-12-1-2-15-11-27-6-5-13(15)7-12/h1-7,9,11,16,30H,8,10,26H2. The SMILES string of the molecule is NCC(C(=O)Cc1ccc2cnccc2c1)c1ccc2c(c1)N=C(C(F)(F)F)OB2O. The molecule has 3 N–H and O–H groups in total. The molecule has 31 heavy (non-hydrogen) atoms. The smallest absolute Gasteiger partial charge is 0.515 e. The summed E-state index contributed by atoms with van der Waals surface area (Å²) in [5, 5.41) is 11.8. The molecule has 2 aromatic carbocycles. The van der Waals surface area contributed by atoms with Crippen LogP contribution in [0.2, 0.25) is 0 Å². The van der Waals surface area contributed by atoms with E-state index in [9.17, 15) is 23.0 Å². The summed E-state index contributed by atoms with van der Waals surface area (Å²) >= 11 is 0. The van der Waals surface area contributed by atoms with Crippen LogP contribution in [-0.4, -0.2) is 41.5 Å². The van der Waals surface area contributed by atoms with Gasteiger partial charge in [-0.1, -0.05) is 30.3 Å². The maximum absolute atomic E-state index is 13.0. The maximum atomic E-state index is 13.0. The average molecular weight is 427 g/mol. The van der Waals surface area contributed by atoms with Crippen LogP contribution < -0.4 is 11.2 Å². The van der Waals surface area contributed by atoms with Gasteiger partial charge in [0.1, 0.15) is 5.78 Å². The molecule has 1 atom stereocenters. The lowest BCUT2D eigenvalue weighted by Crippen LogP contribution is -2.43. The van der Waals surface area contributed by atoms with Crippen molar-refractivity contribution in [3.63, 3.8) is 0 Å². The van der Waals surface area contributed by atoms with Crippen molar-refractivity contribution in [3.8, 4) is 0 Å². The maximum Gasteiger partial charge on any atom is 0.563 e. The number of alkyl halides is 3. The lowest BCUT2D eigenvalue weighted by Gasteiger charge is -2.22. The van der Waals surface area contributed by atoms with E-state index in [0.29, 0.717) is 5.56 Å². The van der Waals surface area contributed by atoms with E-state index in [1.165, 1.54) is 12.1 Å². The fourth-order valence-corrected chi connectivity index (χ4v) is 3.54. The molecule has 0 amide bonds. The Bertz CT molecular complexity index is 1180. The molecule has 3 aromatic rings. The highest BCUT2D eigenvalue weighted by Gasteiger charge is 2.44. The summed E-state index contributed by atoms with van der Waals surface area (Å²) in [6.45, 7) is -0.0238. The summed E-state index contributed by atoms with van der Waals surface area (Å²) in [4.78, 5) is 20.5. The van der Waals surface area contributed by atoms with Crippen molar-refractivity contribution < 1.29 is 27.6 Å². The number of hydrogen-bond donors (Lipinski definition) is 2. The van der Waals surface area contributed by atoms with E-state index in [1.807, 2.05) is 24.3 Å². The number of aliphatic imine (C=N–C) groups is 1. The summed E-state index contributed by atoms with van der Waals surface area (Å²) in [7, 11) is -1.79. The Labute approximate surface area is 175 Å². The molecule has 0 radical (unpaired) electrons. The first-order valence-corrected chi connectivity index (χ1v) is 9.46. The molecule has 0 bridgehead atoms. The van der Waals surface area contributed by atoms with Crippen molar-refractivity contribution in [2.24, 2.45) is 10.7 Å². The molecular formula is C21H17BF3N3O3. The zero-order valence-corrected chi connectivity index (χ0v) is 16.1. The van der Waals surface area contributed by atoms with Crippen LogP contribution in [0.4, 0.5) is 18.9 Å². The molecule has 158 valence electrons. The van der Waals surface area contributed by atoms with E-state index in [0.717, 1.165) is 16.3 Å². The topological polar surface area (TPSA) is 97.8 Å². The Kier molecular flexibility index (Phi) is 5.51. The predicted octanol–water partition coefficient (Wildman–Crippen LogP) is 2.40. The normalized spacial score (nSPS) is 14.6. The van der Waals surface area contributed by atoms with E-state index < -0.39 is 25.1 Å². The molecule has 1 unspecified atom stereocenters. The highest BCUT2D eigenvalue weighted by atomic mass is 19.4. The third-order valence-corrected chi connectivity index (χ3v) is 5.12. The molecule has 0 saturated heterocycles. The number of benzene rings is 2. The van der Waals surface area contributed by atoms with Crippen LogP contribution in [0.1, 0.15) is 17.0 Å². The number of nitrogens with zero attached hydrogens (tertiary/aromatic N) is 2. The van der Waals surface area contributed by atoms with Crippen LogP contribution in [0.15, 0.2) is 59.9 Å². The van der Waals surface area contributed by atoms with Gasteiger partial charge in [0.15, 0.2) is 0 Å². The van der Waals surface area contributed by atoms with Gasteiger partial charge in [0.25, 0.3) is 5.90 Å². The Morgan fingerprint density at radius 2 is 1.97 bits per heavy atom. The fraction of sp³-hybridized carbons (Fsp3) is 0.190. The summed E-state index contributed by atoms with van der Waals surface area (Å²) in [6, 6.07) is 11.7. The Morgan fingerprint density at radius 1 is 1.16 bits per heavy atom. The van der Waals surface area contributed by atoms with Gasteiger partial charge in [-0.2, -0.15) is 13.2 Å². The van der Waals surface area contributed by atoms with Crippen molar-refractivity contribution in [1.29, 1.82) is 0 Å². The van der Waals surface area contributed by atoms with Crippen LogP contribution in [-0.2, 0) is 15.9 Å². The van der Waals surface area contributed by atoms with Gasteiger partial charge in [-0.05, 0) is 28.6 Å². The predicted molar refractivity (Wildman–Crippen MR) is 111 cm³/mol. The van der Waals surface area contributed by atoms with Crippen molar-refractivity contribution in [3.05, 3.63) is 66.0 Å². The lowest BCUT2D eigenvalue weighted by atomic mass is 9.76. The molecule has 10 heteroatoms. The number of rotatable bonds is 5. The van der Waals surface area contributed by atoms with Crippen molar-refractivity contribution in [1.82, 2.24) is 4.98 Å². The van der Waals surface area contributed by atoms with Crippen LogP contribution in [0.25, 0.3) is 10.8 Å². The van der Waals surface area contributed by atoms with Crippen LogP contribution in [0, 0.1) is 0 Å². The third-order valence-electron chi connectivity index (χ3n) is 5.12. The minimum absolute atomic E-state index is 0.0238. The number of carbonyl (C=O) groups excluding carboxylic acids is 1. The quantitative estimate of drug-likeness (QED) is 0.610. The molecule has 1 aliphatic heterocycles. The second kappa shape index (κ2) is 8.12. The van der Waals surface area contributed by atoms with Crippen molar-refractivity contribution in [2.75, 3.05) is 6.54 Å². The van der Waals surface area contributed by atoms with Gasteiger partial charge < -0.3 is 15.4 Å². The molecule has 1 aliphatic rings. The van der Waals surface area contributed by atoms with E-state index in [2.05, 4.69) is 14.6 Å². The van der Waals surface area contributed by atoms with Gasteiger partial charge >= 0.3 is 13.3 Å². The van der Waals surface area contributed by atoms with Gasteiger partial charge in [0.05, 0.1) is 11.6 Å². The lowest BCUT2D eigenvalue weighted by molar-refractivity contribution is -0.119.